The van der Waals surface area contributed by atoms with E-state index >= 15 is 0 Å². The Morgan fingerprint density at radius 3 is 2.81 bits per heavy atom. The predicted molar refractivity (Wildman–Crippen MR) is 104 cm³/mol. The summed E-state index contributed by atoms with van der Waals surface area (Å²) in [6, 6.07) is 5.33. The summed E-state index contributed by atoms with van der Waals surface area (Å²) in [6.45, 7) is 7.15. The second-order valence-electron chi connectivity index (χ2n) is 6.63. The van der Waals surface area contributed by atoms with Gasteiger partial charge in [-0.3, -0.25) is 9.59 Å². The Kier molecular flexibility index (Phi) is 5.70. The molecule has 0 saturated carbocycles. The minimum absolute atomic E-state index is 0.0278. The number of halogens is 1. The molecule has 2 N–H and O–H groups in total. The summed E-state index contributed by atoms with van der Waals surface area (Å²) in [4.78, 5) is 26.3. The number of benzene rings is 1. The lowest BCUT2D eigenvalue weighted by Crippen LogP contribution is -2.47. The Balaban J connectivity index is 1.76. The van der Waals surface area contributed by atoms with E-state index in [0.29, 0.717) is 36.0 Å². The van der Waals surface area contributed by atoms with Gasteiger partial charge in [0.05, 0.1) is 28.9 Å². The van der Waals surface area contributed by atoms with Crippen LogP contribution in [-0.2, 0) is 9.59 Å². The van der Waals surface area contributed by atoms with Gasteiger partial charge in [-0.1, -0.05) is 23.7 Å². The van der Waals surface area contributed by atoms with E-state index in [2.05, 4.69) is 15.8 Å². The number of hydrogen-bond acceptors (Lipinski definition) is 5. The Labute approximate surface area is 163 Å². The van der Waals surface area contributed by atoms with E-state index in [0.717, 1.165) is 16.9 Å². The molecule has 3 rings (SSSR count). The highest BCUT2D eigenvalue weighted by molar-refractivity contribution is 6.33. The molecular weight excluding hydrogens is 368 g/mol. The van der Waals surface area contributed by atoms with Crippen LogP contribution in [0.2, 0.25) is 5.02 Å². The molecule has 1 aliphatic heterocycles. The van der Waals surface area contributed by atoms with Crippen LogP contribution in [0.15, 0.2) is 22.7 Å². The molecule has 2 heterocycles. The van der Waals surface area contributed by atoms with Crippen molar-refractivity contribution in [2.24, 2.45) is 0 Å². The third kappa shape index (κ3) is 4.08. The molecule has 2 aromatic rings. The topological polar surface area (TPSA) is 87.5 Å². The van der Waals surface area contributed by atoms with Crippen molar-refractivity contribution in [3.63, 3.8) is 0 Å². The molecule has 0 spiro atoms. The molecular formula is C19H23ClN4O3. The maximum Gasteiger partial charge on any atom is 0.239 e. The number of hydrogen-bond donors (Lipinski definition) is 2. The largest absolute Gasteiger partial charge is 0.361 e. The molecule has 0 bridgehead atoms. The zero-order chi connectivity index (χ0) is 19.6. The fraction of sp³-hybridized carbons (Fsp3) is 0.421. The van der Waals surface area contributed by atoms with Crippen molar-refractivity contribution in [3.05, 3.63) is 40.2 Å². The maximum absolute atomic E-state index is 12.8. The molecule has 8 heteroatoms. The highest BCUT2D eigenvalue weighted by Gasteiger charge is 2.26. The molecule has 27 heavy (non-hydrogen) atoms. The SMILES string of the molecule is CC[C@H](C(=O)Nc1ccc(N2CCNC(=O)C2)c(Cl)c1)c1c(C)noc1C. The van der Waals surface area contributed by atoms with E-state index in [1.807, 2.05) is 31.7 Å². The van der Waals surface area contributed by atoms with Crippen LogP contribution in [-0.4, -0.2) is 36.6 Å². The van der Waals surface area contributed by atoms with E-state index < -0.39 is 0 Å². The lowest BCUT2D eigenvalue weighted by Gasteiger charge is -2.29. The fourth-order valence-corrected chi connectivity index (χ4v) is 3.72. The van der Waals surface area contributed by atoms with Gasteiger partial charge in [0.15, 0.2) is 0 Å². The van der Waals surface area contributed by atoms with E-state index in [1.165, 1.54) is 0 Å². The summed E-state index contributed by atoms with van der Waals surface area (Å²) < 4.78 is 5.20. The van der Waals surface area contributed by atoms with Crippen LogP contribution in [0.1, 0.15) is 36.3 Å². The lowest BCUT2D eigenvalue weighted by atomic mass is 9.94. The third-order valence-electron chi connectivity index (χ3n) is 4.76. The number of carbonyl (C=O) groups is 2. The summed E-state index contributed by atoms with van der Waals surface area (Å²) >= 11 is 6.41. The fourth-order valence-electron chi connectivity index (χ4n) is 3.42. The molecule has 1 fully saturated rings. The maximum atomic E-state index is 12.8. The number of piperazine rings is 1. The van der Waals surface area contributed by atoms with Gasteiger partial charge in [0.1, 0.15) is 5.76 Å². The van der Waals surface area contributed by atoms with Crippen LogP contribution >= 0.6 is 11.6 Å². The number of anilines is 2. The minimum atomic E-state index is -0.347. The second kappa shape index (κ2) is 8.00. The molecule has 1 atom stereocenters. The van der Waals surface area contributed by atoms with Gasteiger partial charge in [-0.2, -0.15) is 0 Å². The van der Waals surface area contributed by atoms with Gasteiger partial charge in [-0.05, 0) is 38.5 Å². The molecule has 1 aliphatic rings. The van der Waals surface area contributed by atoms with Crippen molar-refractivity contribution in [1.29, 1.82) is 0 Å². The zero-order valence-corrected chi connectivity index (χ0v) is 16.4. The number of rotatable bonds is 5. The summed E-state index contributed by atoms with van der Waals surface area (Å²) in [7, 11) is 0. The normalized spacial score (nSPS) is 15.4. The number of aromatic nitrogens is 1. The molecule has 7 nitrogen and oxygen atoms in total. The van der Waals surface area contributed by atoms with Crippen molar-refractivity contribution in [1.82, 2.24) is 10.5 Å². The zero-order valence-electron chi connectivity index (χ0n) is 15.6. The first-order valence-electron chi connectivity index (χ1n) is 8.95. The summed E-state index contributed by atoms with van der Waals surface area (Å²) in [5.74, 6) is 0.153. The first-order chi connectivity index (χ1) is 12.9. The molecule has 1 saturated heterocycles. The number of carbonyl (C=O) groups excluding carboxylic acids is 2. The molecule has 1 aromatic carbocycles. The Morgan fingerprint density at radius 1 is 1.44 bits per heavy atom. The van der Waals surface area contributed by atoms with E-state index in [9.17, 15) is 9.59 Å². The van der Waals surface area contributed by atoms with Crippen LogP contribution in [0.25, 0.3) is 0 Å². The Hall–Kier alpha value is -2.54. The first-order valence-corrected chi connectivity index (χ1v) is 9.33. The average molecular weight is 391 g/mol. The van der Waals surface area contributed by atoms with Crippen LogP contribution < -0.4 is 15.5 Å². The van der Waals surface area contributed by atoms with Crippen molar-refractivity contribution in [2.45, 2.75) is 33.1 Å². The van der Waals surface area contributed by atoms with E-state index in [4.69, 9.17) is 16.1 Å². The van der Waals surface area contributed by atoms with Crippen molar-refractivity contribution in [3.8, 4) is 0 Å². The third-order valence-corrected chi connectivity index (χ3v) is 5.06. The number of nitrogens with zero attached hydrogens (tertiary/aromatic N) is 2. The molecule has 1 aromatic heterocycles. The van der Waals surface area contributed by atoms with Gasteiger partial charge in [-0.15, -0.1) is 0 Å². The van der Waals surface area contributed by atoms with Crippen LogP contribution in [0.3, 0.4) is 0 Å². The minimum Gasteiger partial charge on any atom is -0.361 e. The summed E-state index contributed by atoms with van der Waals surface area (Å²) in [5, 5.41) is 10.1. The first kappa shape index (κ1) is 19.2. The molecule has 2 amide bonds. The quantitative estimate of drug-likeness (QED) is 0.819. The van der Waals surface area contributed by atoms with E-state index in [1.54, 1.807) is 12.1 Å². The van der Waals surface area contributed by atoms with Crippen LogP contribution in [0, 0.1) is 13.8 Å². The highest BCUT2D eigenvalue weighted by atomic mass is 35.5. The predicted octanol–water partition coefficient (Wildman–Crippen LogP) is 3.01. The van der Waals surface area contributed by atoms with Crippen molar-refractivity contribution >= 4 is 34.8 Å². The monoisotopic (exact) mass is 390 g/mol. The van der Waals surface area contributed by atoms with Crippen LogP contribution in [0.4, 0.5) is 11.4 Å². The van der Waals surface area contributed by atoms with Gasteiger partial charge in [0.25, 0.3) is 0 Å². The lowest BCUT2D eigenvalue weighted by molar-refractivity contribution is -0.120. The highest BCUT2D eigenvalue weighted by Crippen LogP contribution is 2.31. The summed E-state index contributed by atoms with van der Waals surface area (Å²) in [5.41, 5.74) is 2.95. The Morgan fingerprint density at radius 2 is 2.22 bits per heavy atom. The number of nitrogens with one attached hydrogen (secondary N) is 2. The molecule has 144 valence electrons. The van der Waals surface area contributed by atoms with Gasteiger partial charge >= 0.3 is 0 Å². The van der Waals surface area contributed by atoms with Gasteiger partial charge in [0, 0.05) is 24.3 Å². The molecule has 0 radical (unpaired) electrons. The van der Waals surface area contributed by atoms with Crippen molar-refractivity contribution < 1.29 is 14.1 Å². The van der Waals surface area contributed by atoms with Gasteiger partial charge in [-0.25, -0.2) is 0 Å². The smallest absolute Gasteiger partial charge is 0.239 e. The van der Waals surface area contributed by atoms with Crippen LogP contribution in [0.5, 0.6) is 0 Å². The number of aryl methyl sites for hydroxylation is 2. The van der Waals surface area contributed by atoms with Crippen molar-refractivity contribution in [2.75, 3.05) is 29.9 Å². The molecule has 0 aliphatic carbocycles. The summed E-state index contributed by atoms with van der Waals surface area (Å²) in [6.07, 6.45) is 0.628. The second-order valence-corrected chi connectivity index (χ2v) is 7.03. The van der Waals surface area contributed by atoms with E-state index in [-0.39, 0.29) is 24.3 Å². The van der Waals surface area contributed by atoms with Gasteiger partial charge in [0.2, 0.25) is 11.8 Å². The molecule has 0 unspecified atom stereocenters. The Bertz CT molecular complexity index is 845. The standard InChI is InChI=1S/C19H23ClN4O3/c1-4-14(18-11(2)23-27-12(18)3)19(26)22-13-5-6-16(15(20)9-13)24-8-7-21-17(25)10-24/h5-6,9,14H,4,7-8,10H2,1-3H3,(H,21,25)(H,22,26)/t14-/m0/s1. The van der Waals surface area contributed by atoms with Gasteiger partial charge < -0.3 is 20.1 Å². The average Bonchev–Trinajstić information content (AvgIpc) is 2.95. The number of amides is 2.